The van der Waals surface area contributed by atoms with Gasteiger partial charge in [0, 0.05) is 23.6 Å². The summed E-state index contributed by atoms with van der Waals surface area (Å²) in [7, 11) is 2.04. The van der Waals surface area contributed by atoms with Gasteiger partial charge < -0.3 is 10.2 Å². The summed E-state index contributed by atoms with van der Waals surface area (Å²) in [5.41, 5.74) is 0. The monoisotopic (exact) mass is 244 g/mol. The second-order valence-corrected chi connectivity index (χ2v) is 7.20. The lowest BCUT2D eigenvalue weighted by atomic mass is 10.1. The molecule has 2 nitrogen and oxygen atoms in total. The van der Waals surface area contributed by atoms with Gasteiger partial charge >= 0.3 is 0 Å². The van der Waals surface area contributed by atoms with Crippen molar-refractivity contribution in [3.05, 3.63) is 0 Å². The molecule has 0 aromatic carbocycles. The van der Waals surface area contributed by atoms with E-state index in [0.29, 0.717) is 4.75 Å². The highest BCUT2D eigenvalue weighted by Crippen LogP contribution is 2.29. The summed E-state index contributed by atoms with van der Waals surface area (Å²) in [5, 5.41) is 3.21. The second-order valence-electron chi connectivity index (χ2n) is 5.40. The van der Waals surface area contributed by atoms with Crippen LogP contribution < -0.4 is 5.32 Å². The third-order valence-corrected chi connectivity index (χ3v) is 4.45. The minimum atomic E-state index is 0.477. The van der Waals surface area contributed by atoms with E-state index in [1.807, 2.05) is 7.05 Å². The largest absolute Gasteiger partial charge is 0.320 e. The van der Waals surface area contributed by atoms with Crippen LogP contribution >= 0.6 is 11.8 Å². The molecule has 0 amide bonds. The maximum absolute atomic E-state index is 3.21. The Kier molecular flexibility index (Phi) is 6.78. The first kappa shape index (κ1) is 14.3. The number of nitrogens with zero attached hydrogens (tertiary/aromatic N) is 1. The van der Waals surface area contributed by atoms with Crippen LogP contribution in [0.1, 0.15) is 39.5 Å². The minimum absolute atomic E-state index is 0.477. The van der Waals surface area contributed by atoms with Crippen molar-refractivity contribution in [1.82, 2.24) is 10.2 Å². The first-order valence-electron chi connectivity index (χ1n) is 6.65. The van der Waals surface area contributed by atoms with E-state index < -0.39 is 0 Å². The van der Waals surface area contributed by atoms with Gasteiger partial charge in [-0.05, 0) is 46.8 Å². The fourth-order valence-electron chi connectivity index (χ4n) is 2.30. The van der Waals surface area contributed by atoms with Gasteiger partial charge in [0.15, 0.2) is 0 Å². The number of rotatable bonds is 7. The van der Waals surface area contributed by atoms with Crippen molar-refractivity contribution in [2.75, 3.05) is 39.0 Å². The lowest BCUT2D eigenvalue weighted by Crippen LogP contribution is -2.43. The predicted octanol–water partition coefficient (Wildman–Crippen LogP) is 2.59. The highest BCUT2D eigenvalue weighted by molar-refractivity contribution is 8.00. The third kappa shape index (κ3) is 6.12. The summed E-state index contributed by atoms with van der Waals surface area (Å²) in [4.78, 5) is 2.65. The summed E-state index contributed by atoms with van der Waals surface area (Å²) < 4.78 is 0.477. The Hall–Kier alpha value is 0.270. The summed E-state index contributed by atoms with van der Waals surface area (Å²) in [6, 6.07) is 0. The van der Waals surface area contributed by atoms with Gasteiger partial charge in [0.25, 0.3) is 0 Å². The second kappa shape index (κ2) is 7.57. The van der Waals surface area contributed by atoms with E-state index in [-0.39, 0.29) is 0 Å². The van der Waals surface area contributed by atoms with Crippen LogP contribution in [-0.2, 0) is 0 Å². The highest BCUT2D eigenvalue weighted by Gasteiger charge is 2.26. The van der Waals surface area contributed by atoms with Gasteiger partial charge in [-0.25, -0.2) is 0 Å². The van der Waals surface area contributed by atoms with Gasteiger partial charge in [0.05, 0.1) is 0 Å². The number of nitrogens with one attached hydrogen (secondary N) is 1. The van der Waals surface area contributed by atoms with Crippen molar-refractivity contribution in [2.45, 2.75) is 44.3 Å². The van der Waals surface area contributed by atoms with Gasteiger partial charge in [-0.2, -0.15) is 11.8 Å². The van der Waals surface area contributed by atoms with Gasteiger partial charge in [-0.15, -0.1) is 0 Å². The Labute approximate surface area is 106 Å². The lowest BCUT2D eigenvalue weighted by molar-refractivity contribution is 0.254. The molecule has 16 heavy (non-hydrogen) atoms. The summed E-state index contributed by atoms with van der Waals surface area (Å²) in [6.07, 6.45) is 5.49. The summed E-state index contributed by atoms with van der Waals surface area (Å²) in [6.45, 7) is 9.79. The minimum Gasteiger partial charge on any atom is -0.320 e. The number of hydrogen-bond donors (Lipinski definition) is 1. The van der Waals surface area contributed by atoms with E-state index in [1.165, 1.54) is 57.6 Å². The smallest absolute Gasteiger partial charge is 0.0231 e. The molecule has 1 saturated heterocycles. The molecule has 0 aromatic heterocycles. The fraction of sp³-hybridized carbons (Fsp3) is 1.00. The molecule has 1 rings (SSSR count). The predicted molar refractivity (Wildman–Crippen MR) is 75.4 cm³/mol. The van der Waals surface area contributed by atoms with Crippen LogP contribution in [0.25, 0.3) is 0 Å². The molecule has 1 fully saturated rings. The summed E-state index contributed by atoms with van der Waals surface area (Å²) >= 11 is 2.12. The maximum Gasteiger partial charge on any atom is 0.0231 e. The molecule has 0 atom stereocenters. The average Bonchev–Trinajstić information content (AvgIpc) is 2.22. The number of thioether (sulfide) groups is 1. The zero-order valence-corrected chi connectivity index (χ0v) is 12.0. The molecule has 1 heterocycles. The molecular formula is C13H28N2S. The van der Waals surface area contributed by atoms with E-state index in [4.69, 9.17) is 0 Å². The fourth-order valence-corrected chi connectivity index (χ4v) is 3.47. The molecular weight excluding hydrogens is 216 g/mol. The first-order chi connectivity index (χ1) is 7.64. The van der Waals surface area contributed by atoms with Crippen LogP contribution in [0.4, 0.5) is 0 Å². The molecule has 0 aliphatic carbocycles. The molecule has 1 aliphatic heterocycles. The SMILES string of the molecule is CNCCCCCCN1CCSC(C)(C)C1. The average molecular weight is 244 g/mol. The standard InChI is InChI=1S/C13H28N2S/c1-13(2)12-15(10-11-16-13)9-7-5-4-6-8-14-3/h14H,4-12H2,1-3H3. The first-order valence-corrected chi connectivity index (χ1v) is 7.63. The number of hydrogen-bond acceptors (Lipinski definition) is 3. The Morgan fingerprint density at radius 3 is 2.62 bits per heavy atom. The van der Waals surface area contributed by atoms with Crippen LogP contribution in [0.2, 0.25) is 0 Å². The van der Waals surface area contributed by atoms with Gasteiger partial charge in [0.2, 0.25) is 0 Å². The molecule has 0 aromatic rings. The Balaban J connectivity index is 2.00. The molecule has 1 N–H and O–H groups in total. The van der Waals surface area contributed by atoms with Crippen molar-refractivity contribution in [1.29, 1.82) is 0 Å². The molecule has 96 valence electrons. The van der Waals surface area contributed by atoms with Crippen molar-refractivity contribution >= 4 is 11.8 Å². The van der Waals surface area contributed by atoms with E-state index in [9.17, 15) is 0 Å². The van der Waals surface area contributed by atoms with Crippen molar-refractivity contribution in [2.24, 2.45) is 0 Å². The molecule has 1 aliphatic rings. The van der Waals surface area contributed by atoms with Crippen LogP contribution in [-0.4, -0.2) is 48.6 Å². The van der Waals surface area contributed by atoms with Crippen LogP contribution in [0.5, 0.6) is 0 Å². The van der Waals surface area contributed by atoms with Gasteiger partial charge in [-0.3, -0.25) is 0 Å². The van der Waals surface area contributed by atoms with Crippen LogP contribution in [0.15, 0.2) is 0 Å². The van der Waals surface area contributed by atoms with E-state index in [2.05, 4.69) is 35.8 Å². The van der Waals surface area contributed by atoms with E-state index in [1.54, 1.807) is 0 Å². The quantitative estimate of drug-likeness (QED) is 0.693. The molecule has 0 saturated carbocycles. The molecule has 0 unspecified atom stereocenters. The maximum atomic E-state index is 3.21. The zero-order valence-electron chi connectivity index (χ0n) is 11.2. The topological polar surface area (TPSA) is 15.3 Å². The van der Waals surface area contributed by atoms with Crippen LogP contribution in [0.3, 0.4) is 0 Å². The van der Waals surface area contributed by atoms with E-state index >= 15 is 0 Å². The van der Waals surface area contributed by atoms with Crippen molar-refractivity contribution in [3.63, 3.8) is 0 Å². The van der Waals surface area contributed by atoms with Crippen LogP contribution in [0, 0.1) is 0 Å². The highest BCUT2D eigenvalue weighted by atomic mass is 32.2. The number of unbranched alkanes of at least 4 members (excludes halogenated alkanes) is 3. The molecule has 3 heteroatoms. The lowest BCUT2D eigenvalue weighted by Gasteiger charge is -2.37. The third-order valence-electron chi connectivity index (χ3n) is 3.16. The molecule has 0 bridgehead atoms. The van der Waals surface area contributed by atoms with Gasteiger partial charge in [-0.1, -0.05) is 12.8 Å². The molecule has 0 spiro atoms. The Morgan fingerprint density at radius 2 is 1.94 bits per heavy atom. The Morgan fingerprint density at radius 1 is 1.19 bits per heavy atom. The Bertz CT molecular complexity index is 183. The molecule has 0 radical (unpaired) electrons. The van der Waals surface area contributed by atoms with E-state index in [0.717, 1.165) is 0 Å². The van der Waals surface area contributed by atoms with Crippen molar-refractivity contribution < 1.29 is 0 Å². The zero-order chi connectivity index (χ0) is 11.9. The van der Waals surface area contributed by atoms with Crippen molar-refractivity contribution in [3.8, 4) is 0 Å². The summed E-state index contributed by atoms with van der Waals surface area (Å²) in [5.74, 6) is 1.31. The van der Waals surface area contributed by atoms with Gasteiger partial charge in [0.1, 0.15) is 0 Å². The normalized spacial score (nSPS) is 21.2.